The lowest BCUT2D eigenvalue weighted by Crippen LogP contribution is -2.05. The predicted molar refractivity (Wildman–Crippen MR) is 80.6 cm³/mol. The molecule has 20 heavy (non-hydrogen) atoms. The summed E-state index contributed by atoms with van der Waals surface area (Å²) in [4.78, 5) is 0. The molecule has 0 aromatic heterocycles. The Bertz CT molecular complexity index is 615. The van der Waals surface area contributed by atoms with Crippen molar-refractivity contribution in [2.45, 2.75) is 19.4 Å². The minimum absolute atomic E-state index is 0.147. The van der Waals surface area contributed by atoms with Crippen molar-refractivity contribution in [3.8, 4) is 5.75 Å². The zero-order valence-electron chi connectivity index (χ0n) is 11.4. The molecule has 0 saturated heterocycles. The van der Waals surface area contributed by atoms with E-state index in [0.29, 0.717) is 6.61 Å². The zero-order chi connectivity index (χ0) is 13.8. The fourth-order valence-electron chi connectivity index (χ4n) is 2.56. The second kappa shape index (κ2) is 5.93. The lowest BCUT2D eigenvalue weighted by molar-refractivity contribution is 0.301. The molecule has 0 spiro atoms. The van der Waals surface area contributed by atoms with Gasteiger partial charge in [0.1, 0.15) is 12.4 Å². The number of fused-ring (bicyclic) bond motifs is 1. The summed E-state index contributed by atoms with van der Waals surface area (Å²) in [5.74, 6) is 0.958. The van der Waals surface area contributed by atoms with Crippen LogP contribution in [0.4, 0.5) is 0 Å². The second-order valence-corrected chi connectivity index (χ2v) is 5.06. The van der Waals surface area contributed by atoms with Gasteiger partial charge in [0.15, 0.2) is 0 Å². The van der Waals surface area contributed by atoms with E-state index >= 15 is 0 Å². The molecular formula is C18H18O2. The Morgan fingerprint density at radius 3 is 2.60 bits per heavy atom. The van der Waals surface area contributed by atoms with E-state index in [-0.39, 0.29) is 6.61 Å². The van der Waals surface area contributed by atoms with Gasteiger partial charge in [-0.1, -0.05) is 48.5 Å². The fraction of sp³-hybridized carbons (Fsp3) is 0.222. The maximum atomic E-state index is 9.24. The third-order valence-corrected chi connectivity index (χ3v) is 3.67. The molecule has 1 aliphatic rings. The highest BCUT2D eigenvalue weighted by Gasteiger charge is 2.14. The van der Waals surface area contributed by atoms with Crippen molar-refractivity contribution in [1.29, 1.82) is 0 Å². The first-order valence-electron chi connectivity index (χ1n) is 6.96. The number of aliphatic hydroxyl groups excluding tert-OH is 1. The van der Waals surface area contributed by atoms with Crippen LogP contribution in [0.5, 0.6) is 5.75 Å². The van der Waals surface area contributed by atoms with Gasteiger partial charge in [-0.2, -0.15) is 0 Å². The van der Waals surface area contributed by atoms with Gasteiger partial charge in [0.05, 0.1) is 6.61 Å². The lowest BCUT2D eigenvalue weighted by atomic mass is 9.92. The smallest absolute Gasteiger partial charge is 0.123 e. The Morgan fingerprint density at radius 2 is 1.80 bits per heavy atom. The third kappa shape index (κ3) is 2.75. The molecule has 0 fully saturated rings. The molecule has 2 nitrogen and oxygen atoms in total. The molecule has 3 rings (SSSR count). The van der Waals surface area contributed by atoms with Crippen molar-refractivity contribution in [2.24, 2.45) is 0 Å². The SMILES string of the molecule is OCC1=Cc2cccc(OCc3ccccc3)c2CC1. The lowest BCUT2D eigenvalue weighted by Gasteiger charge is -2.19. The third-order valence-electron chi connectivity index (χ3n) is 3.67. The van der Waals surface area contributed by atoms with E-state index in [1.165, 1.54) is 16.7 Å². The molecule has 0 saturated carbocycles. The average Bonchev–Trinajstić information content (AvgIpc) is 2.53. The van der Waals surface area contributed by atoms with Crippen molar-refractivity contribution in [1.82, 2.24) is 0 Å². The van der Waals surface area contributed by atoms with Gasteiger partial charge in [0.2, 0.25) is 0 Å². The van der Waals surface area contributed by atoms with Crippen LogP contribution >= 0.6 is 0 Å². The van der Waals surface area contributed by atoms with Crippen molar-refractivity contribution in [3.05, 3.63) is 70.8 Å². The van der Waals surface area contributed by atoms with Crippen molar-refractivity contribution < 1.29 is 9.84 Å². The van der Waals surface area contributed by atoms with E-state index in [4.69, 9.17) is 4.74 Å². The van der Waals surface area contributed by atoms with E-state index in [9.17, 15) is 5.11 Å². The van der Waals surface area contributed by atoms with Crippen LogP contribution in [-0.2, 0) is 13.0 Å². The summed E-state index contributed by atoms with van der Waals surface area (Å²) < 4.78 is 5.97. The minimum atomic E-state index is 0.147. The highest BCUT2D eigenvalue weighted by molar-refractivity contribution is 5.63. The molecule has 102 valence electrons. The zero-order valence-corrected chi connectivity index (χ0v) is 11.4. The maximum Gasteiger partial charge on any atom is 0.123 e. The van der Waals surface area contributed by atoms with Gasteiger partial charge in [0.25, 0.3) is 0 Å². The topological polar surface area (TPSA) is 29.5 Å². The Labute approximate surface area is 119 Å². The van der Waals surface area contributed by atoms with Gasteiger partial charge in [-0.05, 0) is 35.6 Å². The molecule has 2 aromatic rings. The molecular weight excluding hydrogens is 248 g/mol. The van der Waals surface area contributed by atoms with Crippen LogP contribution in [0, 0.1) is 0 Å². The molecule has 0 atom stereocenters. The van der Waals surface area contributed by atoms with Crippen LogP contribution in [0.3, 0.4) is 0 Å². The first kappa shape index (κ1) is 12.9. The van der Waals surface area contributed by atoms with Crippen LogP contribution < -0.4 is 4.74 Å². The molecule has 1 N–H and O–H groups in total. The number of rotatable bonds is 4. The Balaban J connectivity index is 1.80. The molecule has 2 aromatic carbocycles. The average molecular weight is 266 g/mol. The van der Waals surface area contributed by atoms with Crippen LogP contribution in [0.25, 0.3) is 6.08 Å². The summed E-state index contributed by atoms with van der Waals surface area (Å²) in [6.45, 7) is 0.738. The van der Waals surface area contributed by atoms with E-state index in [2.05, 4.69) is 24.3 Å². The molecule has 2 heteroatoms. The Hall–Kier alpha value is -2.06. The number of hydrogen-bond donors (Lipinski definition) is 1. The van der Waals surface area contributed by atoms with Gasteiger partial charge in [-0.3, -0.25) is 0 Å². The Kier molecular flexibility index (Phi) is 3.84. The van der Waals surface area contributed by atoms with Gasteiger partial charge < -0.3 is 9.84 Å². The van der Waals surface area contributed by atoms with Gasteiger partial charge in [-0.25, -0.2) is 0 Å². The van der Waals surface area contributed by atoms with Crippen LogP contribution in [-0.4, -0.2) is 11.7 Å². The van der Waals surface area contributed by atoms with Gasteiger partial charge in [0, 0.05) is 5.56 Å². The van der Waals surface area contributed by atoms with Crippen LogP contribution in [0.2, 0.25) is 0 Å². The normalized spacial score (nSPS) is 13.6. The maximum absolute atomic E-state index is 9.24. The van der Waals surface area contributed by atoms with Crippen molar-refractivity contribution in [3.63, 3.8) is 0 Å². The molecule has 0 heterocycles. The summed E-state index contributed by atoms with van der Waals surface area (Å²) >= 11 is 0. The molecule has 1 aliphatic carbocycles. The summed E-state index contributed by atoms with van der Waals surface area (Å²) in [5, 5.41) is 9.24. The molecule has 0 amide bonds. The van der Waals surface area contributed by atoms with Crippen molar-refractivity contribution in [2.75, 3.05) is 6.61 Å². The second-order valence-electron chi connectivity index (χ2n) is 5.06. The van der Waals surface area contributed by atoms with E-state index in [0.717, 1.165) is 24.2 Å². The number of aliphatic hydroxyl groups is 1. The monoisotopic (exact) mass is 266 g/mol. The molecule has 0 radical (unpaired) electrons. The van der Waals surface area contributed by atoms with E-state index < -0.39 is 0 Å². The molecule has 0 aliphatic heterocycles. The van der Waals surface area contributed by atoms with Crippen LogP contribution in [0.1, 0.15) is 23.1 Å². The quantitative estimate of drug-likeness (QED) is 0.916. The molecule has 0 bridgehead atoms. The van der Waals surface area contributed by atoms with Gasteiger partial charge >= 0.3 is 0 Å². The standard InChI is InChI=1S/C18H18O2/c19-12-15-9-10-17-16(11-15)7-4-8-18(17)20-13-14-5-2-1-3-6-14/h1-8,11,19H,9-10,12-13H2. The number of hydrogen-bond acceptors (Lipinski definition) is 2. The molecule has 0 unspecified atom stereocenters. The Morgan fingerprint density at radius 1 is 0.950 bits per heavy atom. The van der Waals surface area contributed by atoms with Gasteiger partial charge in [-0.15, -0.1) is 0 Å². The van der Waals surface area contributed by atoms with E-state index in [1.54, 1.807) is 0 Å². The fourth-order valence-corrected chi connectivity index (χ4v) is 2.56. The highest BCUT2D eigenvalue weighted by Crippen LogP contribution is 2.31. The van der Waals surface area contributed by atoms with Crippen LogP contribution in [0.15, 0.2) is 54.1 Å². The van der Waals surface area contributed by atoms with E-state index in [1.807, 2.05) is 30.3 Å². The number of ether oxygens (including phenoxy) is 1. The predicted octanol–water partition coefficient (Wildman–Crippen LogP) is 3.59. The first-order chi connectivity index (χ1) is 9.86. The summed E-state index contributed by atoms with van der Waals surface area (Å²) in [5.41, 5.74) is 4.69. The largest absolute Gasteiger partial charge is 0.489 e. The highest BCUT2D eigenvalue weighted by atomic mass is 16.5. The van der Waals surface area contributed by atoms with Crippen molar-refractivity contribution >= 4 is 6.08 Å². The summed E-state index contributed by atoms with van der Waals surface area (Å²) in [6.07, 6.45) is 3.93. The first-order valence-corrected chi connectivity index (χ1v) is 6.96. The number of benzene rings is 2. The summed E-state index contributed by atoms with van der Waals surface area (Å²) in [7, 11) is 0. The summed E-state index contributed by atoms with van der Waals surface area (Å²) in [6, 6.07) is 16.3. The minimum Gasteiger partial charge on any atom is -0.489 e.